The van der Waals surface area contributed by atoms with Crippen molar-refractivity contribution in [3.63, 3.8) is 0 Å². The predicted octanol–water partition coefficient (Wildman–Crippen LogP) is 2.25. The highest BCUT2D eigenvalue weighted by Gasteiger charge is 2.43. The molecule has 3 fully saturated rings. The summed E-state index contributed by atoms with van der Waals surface area (Å²) in [6, 6.07) is 0.815. The Morgan fingerprint density at radius 2 is 2.12 bits per heavy atom. The summed E-state index contributed by atoms with van der Waals surface area (Å²) < 4.78 is 0. The van der Waals surface area contributed by atoms with E-state index in [1.54, 1.807) is 0 Å². The lowest BCUT2D eigenvalue weighted by atomic mass is 10.0. The fraction of sp³-hybridized carbons (Fsp3) is 1.00. The van der Waals surface area contributed by atoms with E-state index in [-0.39, 0.29) is 0 Å². The summed E-state index contributed by atoms with van der Waals surface area (Å²) in [4.78, 5) is 2.76. The van der Waals surface area contributed by atoms with Crippen molar-refractivity contribution in [3.05, 3.63) is 0 Å². The SMILES string of the molecule is CCC1(CN2CCCNC(C3CC3)C2)CC1. The van der Waals surface area contributed by atoms with Crippen LogP contribution in [0.5, 0.6) is 0 Å². The van der Waals surface area contributed by atoms with Crippen molar-refractivity contribution in [1.29, 1.82) is 0 Å². The van der Waals surface area contributed by atoms with Gasteiger partial charge in [-0.05, 0) is 62.9 Å². The van der Waals surface area contributed by atoms with Crippen LogP contribution in [0.3, 0.4) is 0 Å². The summed E-state index contributed by atoms with van der Waals surface area (Å²) in [5.74, 6) is 1.01. The van der Waals surface area contributed by atoms with Gasteiger partial charge in [-0.1, -0.05) is 6.92 Å². The fourth-order valence-electron chi connectivity index (χ4n) is 3.26. The van der Waals surface area contributed by atoms with Gasteiger partial charge in [-0.15, -0.1) is 0 Å². The van der Waals surface area contributed by atoms with Gasteiger partial charge in [0.25, 0.3) is 0 Å². The lowest BCUT2D eigenvalue weighted by Crippen LogP contribution is -2.41. The lowest BCUT2D eigenvalue weighted by Gasteiger charge is -2.28. The van der Waals surface area contributed by atoms with Crippen LogP contribution < -0.4 is 5.32 Å². The first-order chi connectivity index (χ1) is 7.81. The third-order valence-corrected chi connectivity index (χ3v) is 4.97. The standard InChI is InChI=1S/C14H26N2/c1-2-14(6-7-14)11-16-9-3-8-15-13(10-16)12-4-5-12/h12-13,15H,2-11H2,1H3. The average molecular weight is 222 g/mol. The molecule has 1 saturated heterocycles. The molecule has 3 aliphatic rings. The molecule has 2 saturated carbocycles. The maximum atomic E-state index is 3.76. The molecule has 3 rings (SSSR count). The van der Waals surface area contributed by atoms with E-state index in [4.69, 9.17) is 0 Å². The molecule has 1 aliphatic heterocycles. The first-order valence-electron chi connectivity index (χ1n) is 7.27. The van der Waals surface area contributed by atoms with Gasteiger partial charge in [0.05, 0.1) is 0 Å². The van der Waals surface area contributed by atoms with E-state index in [9.17, 15) is 0 Å². The van der Waals surface area contributed by atoms with Gasteiger partial charge in [0.1, 0.15) is 0 Å². The zero-order valence-corrected chi connectivity index (χ0v) is 10.7. The maximum Gasteiger partial charge on any atom is 0.0223 e. The summed E-state index contributed by atoms with van der Waals surface area (Å²) >= 11 is 0. The van der Waals surface area contributed by atoms with Crippen LogP contribution >= 0.6 is 0 Å². The van der Waals surface area contributed by atoms with Crippen LogP contribution in [-0.4, -0.2) is 37.1 Å². The average Bonchev–Trinajstić information content (AvgIpc) is 3.17. The minimum atomic E-state index is 0.735. The first kappa shape index (κ1) is 11.0. The van der Waals surface area contributed by atoms with Crippen LogP contribution in [-0.2, 0) is 0 Å². The monoisotopic (exact) mass is 222 g/mol. The smallest absolute Gasteiger partial charge is 0.0223 e. The van der Waals surface area contributed by atoms with Gasteiger partial charge < -0.3 is 10.2 Å². The molecule has 0 aromatic carbocycles. The highest BCUT2D eigenvalue weighted by molar-refractivity contribution is 4.97. The molecule has 1 N–H and O–H groups in total. The van der Waals surface area contributed by atoms with Crippen LogP contribution in [0.4, 0.5) is 0 Å². The molecule has 2 nitrogen and oxygen atoms in total. The Kier molecular flexibility index (Phi) is 2.97. The fourth-order valence-corrected chi connectivity index (χ4v) is 3.26. The Morgan fingerprint density at radius 3 is 2.75 bits per heavy atom. The molecule has 1 atom stereocenters. The molecule has 16 heavy (non-hydrogen) atoms. The largest absolute Gasteiger partial charge is 0.312 e. The van der Waals surface area contributed by atoms with Crippen LogP contribution in [0.15, 0.2) is 0 Å². The molecule has 0 bridgehead atoms. The minimum Gasteiger partial charge on any atom is -0.312 e. The number of nitrogens with zero attached hydrogens (tertiary/aromatic N) is 1. The Labute approximate surface area is 99.8 Å². The Hall–Kier alpha value is -0.0800. The van der Waals surface area contributed by atoms with Crippen LogP contribution in [0, 0.1) is 11.3 Å². The molecule has 1 heterocycles. The molecule has 1 unspecified atom stereocenters. The predicted molar refractivity (Wildman–Crippen MR) is 67.5 cm³/mol. The van der Waals surface area contributed by atoms with Gasteiger partial charge in [0, 0.05) is 19.1 Å². The summed E-state index contributed by atoms with van der Waals surface area (Å²) in [7, 11) is 0. The van der Waals surface area contributed by atoms with Gasteiger partial charge in [0.2, 0.25) is 0 Å². The normalized spacial score (nSPS) is 34.7. The molecule has 0 aromatic heterocycles. The van der Waals surface area contributed by atoms with Crippen molar-refractivity contribution in [2.45, 2.75) is 51.5 Å². The van der Waals surface area contributed by atoms with E-state index in [1.165, 1.54) is 64.7 Å². The molecule has 0 aromatic rings. The molecule has 2 aliphatic carbocycles. The summed E-state index contributed by atoms with van der Waals surface area (Å²) in [5.41, 5.74) is 0.735. The van der Waals surface area contributed by atoms with Gasteiger partial charge in [-0.2, -0.15) is 0 Å². The zero-order chi connectivity index (χ0) is 11.0. The summed E-state index contributed by atoms with van der Waals surface area (Å²) in [6.45, 7) is 7.66. The molecule has 0 amide bonds. The lowest BCUT2D eigenvalue weighted by molar-refractivity contribution is 0.206. The number of hydrogen-bond donors (Lipinski definition) is 1. The molecule has 2 heteroatoms. The van der Waals surface area contributed by atoms with Gasteiger partial charge in [-0.3, -0.25) is 0 Å². The van der Waals surface area contributed by atoms with Crippen LogP contribution in [0.2, 0.25) is 0 Å². The first-order valence-corrected chi connectivity index (χ1v) is 7.27. The second-order valence-corrected chi connectivity index (χ2v) is 6.34. The third-order valence-electron chi connectivity index (χ3n) is 4.97. The quantitative estimate of drug-likeness (QED) is 0.785. The number of hydrogen-bond acceptors (Lipinski definition) is 2. The number of nitrogens with one attached hydrogen (secondary N) is 1. The highest BCUT2D eigenvalue weighted by atomic mass is 15.2. The number of rotatable bonds is 4. The van der Waals surface area contributed by atoms with E-state index in [0.717, 1.165) is 17.4 Å². The topological polar surface area (TPSA) is 15.3 Å². The van der Waals surface area contributed by atoms with Crippen molar-refractivity contribution in [2.75, 3.05) is 26.2 Å². The molecule has 0 radical (unpaired) electrons. The van der Waals surface area contributed by atoms with E-state index in [1.807, 2.05) is 0 Å². The van der Waals surface area contributed by atoms with Crippen molar-refractivity contribution < 1.29 is 0 Å². The third kappa shape index (κ3) is 2.43. The molecular formula is C14H26N2. The van der Waals surface area contributed by atoms with Gasteiger partial charge >= 0.3 is 0 Å². The van der Waals surface area contributed by atoms with Crippen molar-refractivity contribution in [2.24, 2.45) is 11.3 Å². The zero-order valence-electron chi connectivity index (χ0n) is 10.7. The molecule has 0 spiro atoms. The second-order valence-electron chi connectivity index (χ2n) is 6.34. The van der Waals surface area contributed by atoms with E-state index in [2.05, 4.69) is 17.1 Å². The van der Waals surface area contributed by atoms with E-state index in [0.29, 0.717) is 0 Å². The molecular weight excluding hydrogens is 196 g/mol. The Balaban J connectivity index is 1.56. The summed E-state index contributed by atoms with van der Waals surface area (Å²) in [6.07, 6.45) is 8.67. The van der Waals surface area contributed by atoms with E-state index >= 15 is 0 Å². The highest BCUT2D eigenvalue weighted by Crippen LogP contribution is 2.49. The van der Waals surface area contributed by atoms with Gasteiger partial charge in [0.15, 0.2) is 0 Å². The van der Waals surface area contributed by atoms with Crippen LogP contribution in [0.25, 0.3) is 0 Å². The minimum absolute atomic E-state index is 0.735. The Bertz CT molecular complexity index is 243. The maximum absolute atomic E-state index is 3.76. The molecule has 92 valence electrons. The van der Waals surface area contributed by atoms with Crippen molar-refractivity contribution in [3.8, 4) is 0 Å². The second kappa shape index (κ2) is 4.30. The van der Waals surface area contributed by atoms with Crippen molar-refractivity contribution in [1.82, 2.24) is 10.2 Å². The summed E-state index contributed by atoms with van der Waals surface area (Å²) in [5, 5.41) is 3.76. The van der Waals surface area contributed by atoms with Crippen LogP contribution in [0.1, 0.15) is 45.4 Å². The van der Waals surface area contributed by atoms with Gasteiger partial charge in [-0.25, -0.2) is 0 Å². The Morgan fingerprint density at radius 1 is 1.31 bits per heavy atom. The van der Waals surface area contributed by atoms with Crippen molar-refractivity contribution >= 4 is 0 Å². The van der Waals surface area contributed by atoms with E-state index < -0.39 is 0 Å².